The maximum Gasteiger partial charge on any atom is 0.273 e. The van der Waals surface area contributed by atoms with Crippen molar-refractivity contribution in [2.24, 2.45) is 5.73 Å². The number of halogens is 2. The van der Waals surface area contributed by atoms with Crippen LogP contribution in [-0.2, 0) is 13.0 Å². The molecule has 5 nitrogen and oxygen atoms in total. The highest BCUT2D eigenvalue weighted by atomic mass is 35.5. The van der Waals surface area contributed by atoms with Crippen LogP contribution >= 0.6 is 36.2 Å². The number of piperazine rings is 1. The Morgan fingerprint density at radius 3 is 2.62 bits per heavy atom. The van der Waals surface area contributed by atoms with Crippen molar-refractivity contribution in [2.45, 2.75) is 19.9 Å². The van der Waals surface area contributed by atoms with E-state index in [9.17, 15) is 4.79 Å². The Morgan fingerprint density at radius 1 is 1.23 bits per heavy atom. The molecule has 0 unspecified atom stereocenters. The Bertz CT molecular complexity index is 702. The molecule has 0 atom stereocenters. The number of hydrogen-bond acceptors (Lipinski definition) is 5. The first-order chi connectivity index (χ1) is 11.7. The highest BCUT2D eigenvalue weighted by molar-refractivity contribution is 7.09. The van der Waals surface area contributed by atoms with Gasteiger partial charge in [-0.3, -0.25) is 9.69 Å². The van der Waals surface area contributed by atoms with Crippen molar-refractivity contribution in [3.63, 3.8) is 0 Å². The number of aromatic nitrogens is 1. The number of nitrogens with zero attached hydrogens (tertiary/aromatic N) is 3. The summed E-state index contributed by atoms with van der Waals surface area (Å²) in [6.07, 6.45) is 0.738. The first kappa shape index (κ1) is 22.9. The summed E-state index contributed by atoms with van der Waals surface area (Å²) in [5.41, 5.74) is 8.73. The summed E-state index contributed by atoms with van der Waals surface area (Å²) in [6, 6.07) is 8.61. The largest absolute Gasteiger partial charge is 0.335 e. The Morgan fingerprint density at radius 2 is 1.96 bits per heavy atom. The summed E-state index contributed by atoms with van der Waals surface area (Å²) in [7, 11) is 0. The first-order valence-corrected chi connectivity index (χ1v) is 9.25. The van der Waals surface area contributed by atoms with Crippen LogP contribution in [0.15, 0.2) is 29.6 Å². The van der Waals surface area contributed by atoms with Gasteiger partial charge in [0.05, 0.1) is 5.01 Å². The molecule has 1 amide bonds. The minimum absolute atomic E-state index is 0. The average Bonchev–Trinajstić information content (AvgIpc) is 3.04. The highest BCUT2D eigenvalue weighted by Crippen LogP contribution is 2.15. The van der Waals surface area contributed by atoms with E-state index < -0.39 is 0 Å². The van der Waals surface area contributed by atoms with Gasteiger partial charge in [-0.15, -0.1) is 36.2 Å². The van der Waals surface area contributed by atoms with Crippen molar-refractivity contribution in [3.05, 3.63) is 51.5 Å². The second-order valence-corrected chi connectivity index (χ2v) is 7.17. The van der Waals surface area contributed by atoms with Gasteiger partial charge in [0.1, 0.15) is 5.69 Å². The normalized spacial score (nSPS) is 14.5. The third-order valence-electron chi connectivity index (χ3n) is 4.28. The maximum atomic E-state index is 12.5. The van der Waals surface area contributed by atoms with Gasteiger partial charge in [-0.1, -0.05) is 29.8 Å². The smallest absolute Gasteiger partial charge is 0.273 e. The van der Waals surface area contributed by atoms with Crippen LogP contribution < -0.4 is 5.73 Å². The fraction of sp³-hybridized carbons (Fsp3) is 0.444. The molecule has 1 aliphatic rings. The molecule has 0 aliphatic carbocycles. The minimum atomic E-state index is 0. The van der Waals surface area contributed by atoms with E-state index in [2.05, 4.69) is 41.1 Å². The van der Waals surface area contributed by atoms with Crippen LogP contribution in [0.25, 0.3) is 0 Å². The van der Waals surface area contributed by atoms with E-state index in [0.29, 0.717) is 12.2 Å². The summed E-state index contributed by atoms with van der Waals surface area (Å²) in [5.74, 6) is 0.0460. The van der Waals surface area contributed by atoms with Crippen LogP contribution in [0.5, 0.6) is 0 Å². The zero-order valence-electron chi connectivity index (χ0n) is 14.9. The Hall–Kier alpha value is -1.18. The Kier molecular flexibility index (Phi) is 9.54. The lowest BCUT2D eigenvalue weighted by molar-refractivity contribution is 0.0623. The van der Waals surface area contributed by atoms with E-state index in [1.165, 1.54) is 22.5 Å². The molecule has 1 fully saturated rings. The number of carbonyl (C=O) groups is 1. The number of nitrogens with two attached hydrogens (primary N) is 1. The van der Waals surface area contributed by atoms with Crippen LogP contribution in [0.1, 0.15) is 26.6 Å². The molecule has 0 spiro atoms. The third-order valence-corrected chi connectivity index (χ3v) is 5.19. The van der Waals surface area contributed by atoms with Crippen LogP contribution in [0.4, 0.5) is 0 Å². The van der Waals surface area contributed by atoms with Gasteiger partial charge >= 0.3 is 0 Å². The summed E-state index contributed by atoms with van der Waals surface area (Å²) < 4.78 is 0. The van der Waals surface area contributed by atoms with Crippen molar-refractivity contribution < 1.29 is 4.79 Å². The van der Waals surface area contributed by atoms with E-state index in [1.54, 1.807) is 0 Å². The van der Waals surface area contributed by atoms with Gasteiger partial charge < -0.3 is 10.6 Å². The van der Waals surface area contributed by atoms with E-state index in [1.807, 2.05) is 10.3 Å². The summed E-state index contributed by atoms with van der Waals surface area (Å²) in [6.45, 7) is 6.95. The standard InChI is InChI=1S/C18H24N4OS.2ClH/c1-14-3-2-4-15(11-14)12-21-7-9-22(10-8-21)18(23)16-13-24-17(20-16)5-6-19;;/h2-4,11,13H,5-10,12,19H2,1H3;2*1H. The molecule has 26 heavy (non-hydrogen) atoms. The summed E-state index contributed by atoms with van der Waals surface area (Å²) in [4.78, 5) is 21.3. The molecular weight excluding hydrogens is 391 g/mol. The summed E-state index contributed by atoms with van der Waals surface area (Å²) >= 11 is 1.52. The van der Waals surface area contributed by atoms with Crippen molar-refractivity contribution in [1.29, 1.82) is 0 Å². The minimum Gasteiger partial charge on any atom is -0.335 e. The molecule has 1 aromatic heterocycles. The molecule has 2 aromatic rings. The van der Waals surface area contributed by atoms with Gasteiger partial charge in [0, 0.05) is 44.5 Å². The van der Waals surface area contributed by atoms with E-state index in [-0.39, 0.29) is 30.7 Å². The second-order valence-electron chi connectivity index (χ2n) is 6.22. The molecule has 1 aliphatic heterocycles. The number of thiazole rings is 1. The molecule has 144 valence electrons. The zero-order valence-corrected chi connectivity index (χ0v) is 17.3. The van der Waals surface area contributed by atoms with Crippen molar-refractivity contribution in [3.8, 4) is 0 Å². The van der Waals surface area contributed by atoms with Crippen molar-refractivity contribution in [2.75, 3.05) is 32.7 Å². The molecule has 3 rings (SSSR count). The van der Waals surface area contributed by atoms with Gasteiger partial charge in [-0.25, -0.2) is 4.98 Å². The quantitative estimate of drug-likeness (QED) is 0.813. The SMILES string of the molecule is Cc1cccc(CN2CCN(C(=O)c3csc(CCN)n3)CC2)c1.Cl.Cl. The van der Waals surface area contributed by atoms with E-state index >= 15 is 0 Å². The first-order valence-electron chi connectivity index (χ1n) is 8.37. The van der Waals surface area contributed by atoms with Crippen LogP contribution in [0.2, 0.25) is 0 Å². The fourth-order valence-corrected chi connectivity index (χ4v) is 3.78. The van der Waals surface area contributed by atoms with Crippen molar-refractivity contribution >= 4 is 42.1 Å². The number of amides is 1. The molecular formula is C18H26Cl2N4OS. The van der Waals surface area contributed by atoms with Gasteiger partial charge in [-0.2, -0.15) is 0 Å². The predicted octanol–water partition coefficient (Wildman–Crippen LogP) is 2.75. The van der Waals surface area contributed by atoms with Crippen LogP contribution in [-0.4, -0.2) is 53.4 Å². The lowest BCUT2D eigenvalue weighted by Crippen LogP contribution is -2.48. The lowest BCUT2D eigenvalue weighted by atomic mass is 10.1. The molecule has 0 bridgehead atoms. The number of benzene rings is 1. The van der Waals surface area contributed by atoms with Crippen LogP contribution in [0, 0.1) is 6.92 Å². The summed E-state index contributed by atoms with van der Waals surface area (Å²) in [5, 5.41) is 2.80. The maximum absolute atomic E-state index is 12.5. The number of carbonyl (C=O) groups excluding carboxylic acids is 1. The fourth-order valence-electron chi connectivity index (χ4n) is 2.99. The second kappa shape index (κ2) is 10.8. The highest BCUT2D eigenvalue weighted by Gasteiger charge is 2.23. The molecule has 1 saturated heterocycles. The van der Waals surface area contributed by atoms with Gasteiger partial charge in [0.25, 0.3) is 5.91 Å². The monoisotopic (exact) mass is 416 g/mol. The molecule has 0 radical (unpaired) electrons. The van der Waals surface area contributed by atoms with Crippen LogP contribution in [0.3, 0.4) is 0 Å². The molecule has 8 heteroatoms. The third kappa shape index (κ3) is 5.93. The molecule has 2 heterocycles. The lowest BCUT2D eigenvalue weighted by Gasteiger charge is -2.34. The zero-order chi connectivity index (χ0) is 16.9. The Labute approximate surface area is 171 Å². The topological polar surface area (TPSA) is 62.5 Å². The number of rotatable bonds is 5. The van der Waals surface area contributed by atoms with Crippen molar-refractivity contribution in [1.82, 2.24) is 14.8 Å². The number of hydrogen-bond donors (Lipinski definition) is 1. The molecule has 2 N–H and O–H groups in total. The molecule has 0 saturated carbocycles. The average molecular weight is 417 g/mol. The van der Waals surface area contributed by atoms with E-state index in [0.717, 1.165) is 44.2 Å². The molecule has 1 aromatic carbocycles. The van der Waals surface area contributed by atoms with Gasteiger partial charge in [0.2, 0.25) is 0 Å². The predicted molar refractivity (Wildman–Crippen MR) is 112 cm³/mol. The van der Waals surface area contributed by atoms with Gasteiger partial charge in [0.15, 0.2) is 0 Å². The van der Waals surface area contributed by atoms with Gasteiger partial charge in [-0.05, 0) is 19.0 Å². The number of aryl methyl sites for hydroxylation is 1. The van der Waals surface area contributed by atoms with E-state index in [4.69, 9.17) is 5.73 Å². The Balaban J connectivity index is 0.00000169.